The summed E-state index contributed by atoms with van der Waals surface area (Å²) in [4.78, 5) is 11.4. The fraction of sp³-hybridized carbons (Fsp3) is 0.364. The monoisotopic (exact) mass is 255 g/mol. The van der Waals surface area contributed by atoms with Crippen molar-refractivity contribution in [2.24, 2.45) is 0 Å². The number of Topliss-reactive ketones (excluding diaryl/α,β-unsaturated/α-hetero) is 1. The number of likely N-dealkylation sites (N-methyl/N-ethyl adjacent to an activating group) is 1. The largest absolute Gasteiger partial charge is 0.307 e. The van der Waals surface area contributed by atoms with Gasteiger partial charge in [-0.25, -0.2) is 0 Å². The molecule has 1 aromatic rings. The summed E-state index contributed by atoms with van der Waals surface area (Å²) in [6.07, 6.45) is 0. The van der Waals surface area contributed by atoms with Crippen LogP contribution in [0, 0.1) is 6.92 Å². The van der Waals surface area contributed by atoms with Crippen molar-refractivity contribution in [3.63, 3.8) is 0 Å². The van der Waals surface area contributed by atoms with E-state index in [1.54, 1.807) is 14.0 Å². The highest BCUT2D eigenvalue weighted by atomic mass is 79.9. The van der Waals surface area contributed by atoms with Crippen LogP contribution in [0.25, 0.3) is 0 Å². The maximum absolute atomic E-state index is 11.4. The summed E-state index contributed by atoms with van der Waals surface area (Å²) < 4.78 is 1.000. The summed E-state index contributed by atoms with van der Waals surface area (Å²) in [6.45, 7) is 3.61. The lowest BCUT2D eigenvalue weighted by Gasteiger charge is -2.15. The number of halogens is 1. The van der Waals surface area contributed by atoms with Gasteiger partial charge < -0.3 is 5.32 Å². The number of rotatable bonds is 3. The molecule has 0 aromatic heterocycles. The molecule has 0 aliphatic carbocycles. The van der Waals surface area contributed by atoms with Crippen LogP contribution < -0.4 is 5.32 Å². The summed E-state index contributed by atoms with van der Waals surface area (Å²) >= 11 is 3.40. The third kappa shape index (κ3) is 2.42. The van der Waals surface area contributed by atoms with E-state index in [1.807, 2.05) is 25.1 Å². The highest BCUT2D eigenvalue weighted by molar-refractivity contribution is 9.10. The Bertz CT molecular complexity index is 349. The van der Waals surface area contributed by atoms with Crippen LogP contribution in [0.5, 0.6) is 0 Å². The zero-order chi connectivity index (χ0) is 10.7. The van der Waals surface area contributed by atoms with Crippen LogP contribution >= 0.6 is 15.9 Å². The Labute approximate surface area is 92.8 Å². The van der Waals surface area contributed by atoms with E-state index in [9.17, 15) is 4.79 Å². The smallest absolute Gasteiger partial charge is 0.151 e. The zero-order valence-electron chi connectivity index (χ0n) is 8.60. The predicted octanol–water partition coefficient (Wildman–Crippen LogP) is 2.61. The first kappa shape index (κ1) is 11.4. The van der Waals surface area contributed by atoms with Crippen molar-refractivity contribution in [3.05, 3.63) is 33.8 Å². The maximum Gasteiger partial charge on any atom is 0.151 e. The van der Waals surface area contributed by atoms with Gasteiger partial charge >= 0.3 is 0 Å². The average Bonchev–Trinajstić information content (AvgIpc) is 2.11. The van der Waals surface area contributed by atoms with E-state index in [1.165, 1.54) is 0 Å². The molecule has 0 aliphatic rings. The van der Waals surface area contributed by atoms with Crippen molar-refractivity contribution in [2.75, 3.05) is 7.05 Å². The van der Waals surface area contributed by atoms with Gasteiger partial charge in [0.2, 0.25) is 0 Å². The molecule has 0 aliphatic heterocycles. The zero-order valence-corrected chi connectivity index (χ0v) is 10.2. The van der Waals surface area contributed by atoms with Crippen molar-refractivity contribution in [2.45, 2.75) is 19.9 Å². The molecule has 2 nitrogen and oxygen atoms in total. The standard InChI is InChI=1S/C11H14BrNO/c1-7-4-5-9(12)6-10(7)11(13-3)8(2)14/h4-6,11,13H,1-3H3. The van der Waals surface area contributed by atoms with Crippen molar-refractivity contribution < 1.29 is 4.79 Å². The normalized spacial score (nSPS) is 12.6. The first-order chi connectivity index (χ1) is 6.56. The van der Waals surface area contributed by atoms with Gasteiger partial charge in [0.05, 0.1) is 6.04 Å². The molecule has 1 unspecified atom stereocenters. The lowest BCUT2D eigenvalue weighted by molar-refractivity contribution is -0.119. The van der Waals surface area contributed by atoms with Crippen LogP contribution in [0.3, 0.4) is 0 Å². The van der Waals surface area contributed by atoms with Crippen molar-refractivity contribution in [3.8, 4) is 0 Å². The van der Waals surface area contributed by atoms with Crippen LogP contribution in [-0.4, -0.2) is 12.8 Å². The lowest BCUT2D eigenvalue weighted by Crippen LogP contribution is -2.24. The molecule has 0 heterocycles. The van der Waals surface area contributed by atoms with E-state index in [-0.39, 0.29) is 11.8 Å². The summed E-state index contributed by atoms with van der Waals surface area (Å²) in [5, 5.41) is 3.02. The number of hydrogen-bond acceptors (Lipinski definition) is 2. The predicted molar refractivity (Wildman–Crippen MR) is 61.4 cm³/mol. The highest BCUT2D eigenvalue weighted by Gasteiger charge is 2.16. The van der Waals surface area contributed by atoms with Gasteiger partial charge in [0.15, 0.2) is 5.78 Å². The van der Waals surface area contributed by atoms with Crippen molar-refractivity contribution >= 4 is 21.7 Å². The Balaban J connectivity index is 3.15. The summed E-state index contributed by atoms with van der Waals surface area (Å²) in [6, 6.07) is 5.77. The summed E-state index contributed by atoms with van der Waals surface area (Å²) in [5.41, 5.74) is 2.16. The van der Waals surface area contributed by atoms with Crippen LogP contribution in [0.4, 0.5) is 0 Å². The molecule has 0 amide bonds. The van der Waals surface area contributed by atoms with E-state index in [4.69, 9.17) is 0 Å². The van der Waals surface area contributed by atoms with Crippen molar-refractivity contribution in [1.82, 2.24) is 5.32 Å². The molecule has 1 rings (SSSR count). The molecule has 1 atom stereocenters. The van der Waals surface area contributed by atoms with Gasteiger partial charge in [-0.2, -0.15) is 0 Å². The molecule has 0 saturated carbocycles. The van der Waals surface area contributed by atoms with Crippen LogP contribution in [0.15, 0.2) is 22.7 Å². The van der Waals surface area contributed by atoms with E-state index >= 15 is 0 Å². The molecule has 0 fully saturated rings. The summed E-state index contributed by atoms with van der Waals surface area (Å²) in [5.74, 6) is 0.133. The molecule has 76 valence electrons. The quantitative estimate of drug-likeness (QED) is 0.900. The van der Waals surface area contributed by atoms with Gasteiger partial charge in [0.1, 0.15) is 0 Å². The Hall–Kier alpha value is -0.670. The second kappa shape index (κ2) is 4.71. The number of ketones is 1. The highest BCUT2D eigenvalue weighted by Crippen LogP contribution is 2.22. The number of benzene rings is 1. The molecular weight excluding hydrogens is 242 g/mol. The third-order valence-corrected chi connectivity index (χ3v) is 2.74. The molecule has 14 heavy (non-hydrogen) atoms. The Morgan fingerprint density at radius 3 is 2.64 bits per heavy atom. The minimum absolute atomic E-state index is 0.133. The molecule has 3 heteroatoms. The molecular formula is C11H14BrNO. The van der Waals surface area contributed by atoms with Crippen molar-refractivity contribution in [1.29, 1.82) is 0 Å². The minimum atomic E-state index is -0.201. The maximum atomic E-state index is 11.4. The molecule has 0 saturated heterocycles. The van der Waals surface area contributed by atoms with Crippen LogP contribution in [-0.2, 0) is 4.79 Å². The SMILES string of the molecule is CNC(C(C)=O)c1cc(Br)ccc1C. The van der Waals surface area contributed by atoms with Gasteiger partial charge in [-0.1, -0.05) is 22.0 Å². The Morgan fingerprint density at radius 2 is 2.14 bits per heavy atom. The fourth-order valence-corrected chi connectivity index (χ4v) is 1.88. The van der Waals surface area contributed by atoms with Gasteiger partial charge in [0.25, 0.3) is 0 Å². The number of aryl methyl sites for hydroxylation is 1. The lowest BCUT2D eigenvalue weighted by atomic mass is 9.99. The van der Waals surface area contributed by atoms with Gasteiger partial charge in [-0.15, -0.1) is 0 Å². The molecule has 0 spiro atoms. The second-order valence-electron chi connectivity index (χ2n) is 3.33. The first-order valence-electron chi connectivity index (χ1n) is 4.50. The van der Waals surface area contributed by atoms with E-state index in [0.29, 0.717) is 0 Å². The number of carbonyl (C=O) groups excluding carboxylic acids is 1. The number of nitrogens with one attached hydrogen (secondary N) is 1. The second-order valence-corrected chi connectivity index (χ2v) is 4.25. The van der Waals surface area contributed by atoms with Gasteiger partial charge in [-0.05, 0) is 44.2 Å². The number of carbonyl (C=O) groups is 1. The third-order valence-electron chi connectivity index (χ3n) is 2.25. The van der Waals surface area contributed by atoms with Crippen LogP contribution in [0.2, 0.25) is 0 Å². The van der Waals surface area contributed by atoms with E-state index in [2.05, 4.69) is 21.2 Å². The fourth-order valence-electron chi connectivity index (χ4n) is 1.50. The molecule has 0 bridgehead atoms. The van der Waals surface area contributed by atoms with Gasteiger partial charge in [0, 0.05) is 4.47 Å². The molecule has 1 aromatic carbocycles. The Kier molecular flexibility index (Phi) is 3.84. The first-order valence-corrected chi connectivity index (χ1v) is 5.29. The molecule has 0 radical (unpaired) electrons. The van der Waals surface area contributed by atoms with E-state index in [0.717, 1.165) is 15.6 Å². The van der Waals surface area contributed by atoms with Gasteiger partial charge in [-0.3, -0.25) is 4.79 Å². The van der Waals surface area contributed by atoms with E-state index < -0.39 is 0 Å². The number of hydrogen-bond donors (Lipinski definition) is 1. The van der Waals surface area contributed by atoms with Crippen LogP contribution in [0.1, 0.15) is 24.1 Å². The Morgan fingerprint density at radius 1 is 1.50 bits per heavy atom. The minimum Gasteiger partial charge on any atom is -0.307 e. The molecule has 1 N–H and O–H groups in total. The average molecular weight is 256 g/mol. The topological polar surface area (TPSA) is 29.1 Å². The summed E-state index contributed by atoms with van der Waals surface area (Å²) in [7, 11) is 1.80.